The van der Waals surface area contributed by atoms with Crippen LogP contribution in [0.25, 0.3) is 44.3 Å². The van der Waals surface area contributed by atoms with Gasteiger partial charge in [0.15, 0.2) is 0 Å². The fraction of sp³-hybridized carbons (Fsp3) is 0. The second-order valence-corrected chi connectivity index (χ2v) is 5.98. The molecule has 5 aromatic rings. The van der Waals surface area contributed by atoms with Gasteiger partial charge in [0.2, 0.25) is 0 Å². The summed E-state index contributed by atoms with van der Waals surface area (Å²) in [5.74, 6) is 0. The van der Waals surface area contributed by atoms with Crippen LogP contribution >= 0.6 is 0 Å². The molecular formula is C22H14CuN3. The van der Waals surface area contributed by atoms with E-state index in [4.69, 9.17) is 4.98 Å². The smallest absolute Gasteiger partial charge is 0.663 e. The number of nitrogens with zero attached hydrogens (tertiary/aromatic N) is 3. The Kier molecular flexibility index (Phi) is 4.29. The van der Waals surface area contributed by atoms with Crippen molar-refractivity contribution < 1.29 is 17.1 Å². The zero-order valence-electron chi connectivity index (χ0n) is 13.7. The van der Waals surface area contributed by atoms with Gasteiger partial charge in [0, 0.05) is 17.1 Å². The maximum absolute atomic E-state index is 4.91. The zero-order valence-corrected chi connectivity index (χ0v) is 14.7. The molecule has 5 rings (SSSR count). The van der Waals surface area contributed by atoms with Crippen LogP contribution in [0.3, 0.4) is 0 Å². The van der Waals surface area contributed by atoms with Crippen molar-refractivity contribution in [2.45, 2.75) is 0 Å². The molecule has 0 fully saturated rings. The van der Waals surface area contributed by atoms with Gasteiger partial charge in [-0.1, -0.05) is 54.6 Å². The van der Waals surface area contributed by atoms with Crippen LogP contribution in [-0.2, 0) is 17.1 Å². The molecule has 0 amide bonds. The van der Waals surface area contributed by atoms with E-state index in [0.717, 1.165) is 44.3 Å². The average molecular weight is 384 g/mol. The molecule has 0 spiro atoms. The van der Waals surface area contributed by atoms with Crippen molar-refractivity contribution in [3.63, 3.8) is 0 Å². The minimum absolute atomic E-state index is 0. The van der Waals surface area contributed by atoms with Gasteiger partial charge in [-0.3, -0.25) is 4.98 Å². The van der Waals surface area contributed by atoms with Crippen LogP contribution < -0.4 is 4.98 Å². The van der Waals surface area contributed by atoms with E-state index in [-0.39, 0.29) is 17.1 Å². The molecule has 3 heterocycles. The first kappa shape index (κ1) is 16.5. The molecule has 4 heteroatoms. The van der Waals surface area contributed by atoms with Crippen molar-refractivity contribution in [3.8, 4) is 22.5 Å². The Bertz CT molecular complexity index is 1200. The van der Waals surface area contributed by atoms with Gasteiger partial charge in [-0.25, -0.2) is 4.98 Å². The molecule has 0 aliphatic rings. The summed E-state index contributed by atoms with van der Waals surface area (Å²) in [7, 11) is 0. The van der Waals surface area contributed by atoms with Crippen molar-refractivity contribution in [2.24, 2.45) is 0 Å². The first-order valence-electron chi connectivity index (χ1n) is 8.22. The Morgan fingerprint density at radius 1 is 0.654 bits per heavy atom. The molecule has 0 saturated heterocycles. The Balaban J connectivity index is 0.00000168. The molecule has 0 bridgehead atoms. The Morgan fingerprint density at radius 3 is 2.23 bits per heavy atom. The third-order valence-corrected chi connectivity index (χ3v) is 4.46. The van der Waals surface area contributed by atoms with Gasteiger partial charge < -0.3 is 4.98 Å². The van der Waals surface area contributed by atoms with E-state index < -0.39 is 0 Å². The molecule has 0 atom stereocenters. The van der Waals surface area contributed by atoms with Gasteiger partial charge in [-0.05, 0) is 29.1 Å². The van der Waals surface area contributed by atoms with Crippen molar-refractivity contribution in [3.05, 3.63) is 85.2 Å². The summed E-state index contributed by atoms with van der Waals surface area (Å²) in [5, 5.41) is 2.25. The van der Waals surface area contributed by atoms with Crippen LogP contribution in [0.1, 0.15) is 0 Å². The minimum atomic E-state index is 0. The predicted octanol–water partition coefficient (Wildman–Crippen LogP) is 5.07. The normalized spacial score (nSPS) is 10.8. The SMILES string of the molecule is [Cu+].c1cc(-c2cccc3cccnc23)nc(-c2cccc3cc[n-]c23)c1. The maximum Gasteiger partial charge on any atom is 1.00 e. The zero-order chi connectivity index (χ0) is 16.6. The van der Waals surface area contributed by atoms with E-state index in [2.05, 4.69) is 40.3 Å². The summed E-state index contributed by atoms with van der Waals surface area (Å²) in [6, 6.07) is 24.6. The number of aromatic nitrogens is 3. The van der Waals surface area contributed by atoms with Crippen LogP contribution in [0.5, 0.6) is 0 Å². The van der Waals surface area contributed by atoms with Crippen LogP contribution in [0.2, 0.25) is 0 Å². The quantitative estimate of drug-likeness (QED) is 0.399. The molecule has 2 aromatic carbocycles. The molecular weight excluding hydrogens is 370 g/mol. The summed E-state index contributed by atoms with van der Waals surface area (Å²) >= 11 is 0. The van der Waals surface area contributed by atoms with E-state index in [9.17, 15) is 0 Å². The number of pyridine rings is 2. The van der Waals surface area contributed by atoms with Crippen LogP contribution in [0, 0.1) is 0 Å². The molecule has 0 N–H and O–H groups in total. The van der Waals surface area contributed by atoms with Crippen molar-refractivity contribution in [1.29, 1.82) is 0 Å². The van der Waals surface area contributed by atoms with Gasteiger partial charge in [0.25, 0.3) is 0 Å². The van der Waals surface area contributed by atoms with E-state index in [1.807, 2.05) is 54.9 Å². The number of rotatable bonds is 2. The van der Waals surface area contributed by atoms with Crippen molar-refractivity contribution in [2.75, 3.05) is 0 Å². The maximum atomic E-state index is 4.91. The topological polar surface area (TPSA) is 39.9 Å². The van der Waals surface area contributed by atoms with Crippen LogP contribution in [0.4, 0.5) is 0 Å². The Hall–Kier alpha value is -2.94. The molecule has 3 aromatic heterocycles. The summed E-state index contributed by atoms with van der Waals surface area (Å²) in [5.41, 5.74) is 5.91. The van der Waals surface area contributed by atoms with E-state index >= 15 is 0 Å². The minimum Gasteiger partial charge on any atom is -0.663 e. The molecule has 0 saturated carbocycles. The number of benzene rings is 2. The van der Waals surface area contributed by atoms with Crippen LogP contribution in [0.15, 0.2) is 85.2 Å². The van der Waals surface area contributed by atoms with Gasteiger partial charge in [0.1, 0.15) is 0 Å². The summed E-state index contributed by atoms with van der Waals surface area (Å²) in [6.07, 6.45) is 3.66. The number of para-hydroxylation sites is 2. The molecule has 3 nitrogen and oxygen atoms in total. The number of fused-ring (bicyclic) bond motifs is 2. The summed E-state index contributed by atoms with van der Waals surface area (Å²) in [6.45, 7) is 0. The van der Waals surface area contributed by atoms with Gasteiger partial charge >= 0.3 is 17.1 Å². The average Bonchev–Trinajstić information content (AvgIpc) is 3.16. The molecule has 0 aliphatic heterocycles. The summed E-state index contributed by atoms with van der Waals surface area (Å²) in [4.78, 5) is 14.0. The Morgan fingerprint density at radius 2 is 1.35 bits per heavy atom. The molecule has 26 heavy (non-hydrogen) atoms. The number of hydrogen-bond donors (Lipinski definition) is 0. The first-order valence-corrected chi connectivity index (χ1v) is 8.22. The first-order chi connectivity index (χ1) is 12.4. The van der Waals surface area contributed by atoms with Crippen molar-refractivity contribution >= 4 is 21.8 Å². The molecule has 0 unspecified atom stereocenters. The van der Waals surface area contributed by atoms with Gasteiger partial charge in [-0.2, -0.15) is 6.20 Å². The van der Waals surface area contributed by atoms with Gasteiger partial charge in [-0.15, -0.1) is 5.52 Å². The van der Waals surface area contributed by atoms with E-state index in [1.54, 1.807) is 0 Å². The molecule has 0 radical (unpaired) electrons. The third-order valence-electron chi connectivity index (χ3n) is 4.46. The third kappa shape index (κ3) is 2.70. The monoisotopic (exact) mass is 383 g/mol. The number of hydrogen-bond acceptors (Lipinski definition) is 2. The second-order valence-electron chi connectivity index (χ2n) is 5.98. The predicted molar refractivity (Wildman–Crippen MR) is 101 cm³/mol. The van der Waals surface area contributed by atoms with Crippen LogP contribution in [-0.4, -0.2) is 9.97 Å². The van der Waals surface area contributed by atoms with Gasteiger partial charge in [0.05, 0.1) is 16.9 Å². The van der Waals surface area contributed by atoms with Crippen molar-refractivity contribution in [1.82, 2.24) is 15.0 Å². The summed E-state index contributed by atoms with van der Waals surface area (Å²) < 4.78 is 0. The fourth-order valence-electron chi connectivity index (χ4n) is 3.28. The van der Waals surface area contributed by atoms with E-state index in [1.165, 1.54) is 0 Å². The molecule has 0 aliphatic carbocycles. The Labute approximate surface area is 161 Å². The fourth-order valence-corrected chi connectivity index (χ4v) is 3.28. The largest absolute Gasteiger partial charge is 1.00 e. The second kappa shape index (κ2) is 6.75. The molecule has 128 valence electrons. The van der Waals surface area contributed by atoms with E-state index in [0.29, 0.717) is 0 Å². The standard InChI is InChI=1S/C22H14N3.Cu/c1-5-15-7-4-13-23-21(15)17(8-1)19-10-3-11-20(25-19)18-9-2-6-16-12-14-24-22(16)18;/h1-14H;/q-1;+1.